The summed E-state index contributed by atoms with van der Waals surface area (Å²) in [4.78, 5) is 18.2. The molecule has 7 aromatic carbocycles. The molecule has 0 saturated heterocycles. The zero-order chi connectivity index (χ0) is 39.2. The van der Waals surface area contributed by atoms with Gasteiger partial charge in [0, 0.05) is 51.2 Å². The van der Waals surface area contributed by atoms with E-state index >= 15 is 0 Å². The van der Waals surface area contributed by atoms with Crippen molar-refractivity contribution in [3.63, 3.8) is 0 Å². The minimum absolute atomic E-state index is 0.320. The Bertz CT molecular complexity index is 2270. The molecule has 0 fully saturated rings. The van der Waals surface area contributed by atoms with Crippen LogP contribution in [0.2, 0.25) is 0 Å². The number of nitrogens with zero attached hydrogens (tertiary/aromatic N) is 4. The molecule has 0 spiro atoms. The number of aryl methyl sites for hydroxylation is 4. The minimum atomic E-state index is -1.26. The van der Waals surface area contributed by atoms with Crippen LogP contribution in [0.25, 0.3) is 6.08 Å². The molecule has 0 amide bonds. The van der Waals surface area contributed by atoms with Crippen molar-refractivity contribution in [1.29, 1.82) is 5.26 Å². The van der Waals surface area contributed by atoms with E-state index in [9.17, 15) is 15.2 Å². The molecule has 0 aromatic heterocycles. The van der Waals surface area contributed by atoms with Gasteiger partial charge >= 0.3 is 5.97 Å². The first-order valence-corrected chi connectivity index (χ1v) is 18.5. The molecule has 0 aliphatic rings. The Kier molecular flexibility index (Phi) is 10.8. The molecular formula is C50H42N4O2. The second-order valence-corrected chi connectivity index (χ2v) is 13.9. The number of rotatable bonds is 11. The largest absolute Gasteiger partial charge is 0.477 e. The van der Waals surface area contributed by atoms with Crippen molar-refractivity contribution in [1.82, 2.24) is 0 Å². The number of hydrogen-bond donors (Lipinski definition) is 1. The zero-order valence-corrected chi connectivity index (χ0v) is 31.9. The third kappa shape index (κ3) is 8.23. The first-order valence-electron chi connectivity index (χ1n) is 18.5. The van der Waals surface area contributed by atoms with Gasteiger partial charge in [-0.1, -0.05) is 82.9 Å². The van der Waals surface area contributed by atoms with Crippen molar-refractivity contribution in [3.05, 3.63) is 203 Å². The number of hydrogen-bond acceptors (Lipinski definition) is 5. The summed E-state index contributed by atoms with van der Waals surface area (Å²) in [5.74, 6) is -1.26. The first kappa shape index (κ1) is 37.0. The number of carboxylic acids is 1. The maximum atomic E-state index is 11.5. The maximum absolute atomic E-state index is 11.5. The lowest BCUT2D eigenvalue weighted by Gasteiger charge is -2.29. The number of benzene rings is 7. The predicted octanol–water partition coefficient (Wildman–Crippen LogP) is 13.3. The number of aliphatic carboxylic acids is 1. The normalized spacial score (nSPS) is 11.1. The average Bonchev–Trinajstić information content (AvgIpc) is 3.21. The molecular weight excluding hydrogens is 689 g/mol. The second kappa shape index (κ2) is 16.3. The van der Waals surface area contributed by atoms with E-state index < -0.39 is 5.97 Å². The number of carbonyl (C=O) groups is 1. The summed E-state index contributed by atoms with van der Waals surface area (Å²) in [6.45, 7) is 8.37. The van der Waals surface area contributed by atoms with Gasteiger partial charge in [-0.2, -0.15) is 5.26 Å². The monoisotopic (exact) mass is 730 g/mol. The first-order chi connectivity index (χ1) is 27.2. The van der Waals surface area contributed by atoms with Crippen LogP contribution in [0.3, 0.4) is 0 Å². The van der Waals surface area contributed by atoms with E-state index in [2.05, 4.69) is 188 Å². The van der Waals surface area contributed by atoms with Gasteiger partial charge in [0.2, 0.25) is 0 Å². The minimum Gasteiger partial charge on any atom is -0.477 e. The van der Waals surface area contributed by atoms with E-state index in [1.165, 1.54) is 28.3 Å². The van der Waals surface area contributed by atoms with Gasteiger partial charge in [0.25, 0.3) is 0 Å². The van der Waals surface area contributed by atoms with Gasteiger partial charge in [-0.05, 0) is 149 Å². The van der Waals surface area contributed by atoms with Crippen molar-refractivity contribution in [3.8, 4) is 6.07 Å². The smallest absolute Gasteiger partial charge is 0.346 e. The molecule has 6 nitrogen and oxygen atoms in total. The number of nitriles is 1. The van der Waals surface area contributed by atoms with E-state index in [1.54, 1.807) is 6.07 Å². The van der Waals surface area contributed by atoms with E-state index in [0.29, 0.717) is 5.56 Å². The topological polar surface area (TPSA) is 70.8 Å². The van der Waals surface area contributed by atoms with Crippen LogP contribution in [0.15, 0.2) is 175 Å². The molecule has 0 heterocycles. The van der Waals surface area contributed by atoms with Crippen LogP contribution in [0.5, 0.6) is 0 Å². The summed E-state index contributed by atoms with van der Waals surface area (Å²) >= 11 is 0. The highest BCUT2D eigenvalue weighted by atomic mass is 16.4. The molecule has 6 heteroatoms. The summed E-state index contributed by atoms with van der Waals surface area (Å²) in [7, 11) is 0. The van der Waals surface area contributed by atoms with Crippen LogP contribution in [-0.2, 0) is 4.79 Å². The molecule has 0 atom stereocenters. The lowest BCUT2D eigenvalue weighted by molar-refractivity contribution is -0.132. The molecule has 56 heavy (non-hydrogen) atoms. The third-order valence-electron chi connectivity index (χ3n) is 9.71. The summed E-state index contributed by atoms with van der Waals surface area (Å²) in [5.41, 5.74) is 14.1. The van der Waals surface area contributed by atoms with Crippen LogP contribution in [0, 0.1) is 39.0 Å². The zero-order valence-electron chi connectivity index (χ0n) is 31.9. The fourth-order valence-electron chi connectivity index (χ4n) is 6.65. The highest BCUT2D eigenvalue weighted by Crippen LogP contribution is 2.41. The van der Waals surface area contributed by atoms with Crippen LogP contribution in [-0.4, -0.2) is 11.1 Å². The van der Waals surface area contributed by atoms with Crippen LogP contribution in [0.4, 0.5) is 51.2 Å². The highest BCUT2D eigenvalue weighted by molar-refractivity contribution is 5.96. The van der Waals surface area contributed by atoms with Gasteiger partial charge < -0.3 is 19.8 Å². The van der Waals surface area contributed by atoms with Gasteiger partial charge in [0.05, 0.1) is 0 Å². The average molecular weight is 731 g/mol. The standard InChI is InChI=1S/C50H42N4O2/c1-35-5-15-41(16-6-35)52(42-17-7-36(2)8-18-42)46-25-29-48(30-26-46)54(45-23-13-39(14-24-45)33-40(34-51)50(55)56)49-31-27-47(28-32-49)53(43-19-9-37(3)10-20-43)44-21-11-38(4)12-22-44/h5-33H,1-4H3,(H,55,56)/b40-33+. The Morgan fingerprint density at radius 3 is 0.804 bits per heavy atom. The van der Waals surface area contributed by atoms with E-state index in [4.69, 9.17) is 0 Å². The fraction of sp³-hybridized carbons (Fsp3) is 0.0800. The van der Waals surface area contributed by atoms with Crippen molar-refractivity contribution in [2.45, 2.75) is 27.7 Å². The van der Waals surface area contributed by atoms with Gasteiger partial charge in [0.15, 0.2) is 0 Å². The number of anilines is 9. The third-order valence-corrected chi connectivity index (χ3v) is 9.71. The molecule has 274 valence electrons. The summed E-state index contributed by atoms with van der Waals surface area (Å²) in [5, 5.41) is 18.8. The molecule has 0 bridgehead atoms. The van der Waals surface area contributed by atoms with E-state index in [0.717, 1.165) is 51.2 Å². The van der Waals surface area contributed by atoms with Crippen molar-refractivity contribution >= 4 is 63.2 Å². The quantitative estimate of drug-likeness (QED) is 0.106. The lowest BCUT2D eigenvalue weighted by atomic mass is 10.1. The van der Waals surface area contributed by atoms with Crippen molar-refractivity contribution in [2.24, 2.45) is 0 Å². The molecule has 0 radical (unpaired) electrons. The summed E-state index contributed by atoms with van der Waals surface area (Å²) in [6.07, 6.45) is 1.38. The van der Waals surface area contributed by atoms with Crippen LogP contribution in [0.1, 0.15) is 27.8 Å². The molecule has 0 aliphatic carbocycles. The van der Waals surface area contributed by atoms with E-state index in [1.807, 2.05) is 24.3 Å². The fourth-order valence-corrected chi connectivity index (χ4v) is 6.65. The highest BCUT2D eigenvalue weighted by Gasteiger charge is 2.18. The Hall–Kier alpha value is -7.36. The maximum Gasteiger partial charge on any atom is 0.346 e. The van der Waals surface area contributed by atoms with Crippen molar-refractivity contribution in [2.75, 3.05) is 14.7 Å². The van der Waals surface area contributed by atoms with Crippen LogP contribution >= 0.6 is 0 Å². The van der Waals surface area contributed by atoms with Crippen LogP contribution < -0.4 is 14.7 Å². The van der Waals surface area contributed by atoms with Gasteiger partial charge in [0.1, 0.15) is 11.6 Å². The lowest BCUT2D eigenvalue weighted by Crippen LogP contribution is -2.13. The van der Waals surface area contributed by atoms with Gasteiger partial charge in [-0.3, -0.25) is 0 Å². The van der Waals surface area contributed by atoms with E-state index in [-0.39, 0.29) is 5.57 Å². The predicted molar refractivity (Wildman–Crippen MR) is 231 cm³/mol. The van der Waals surface area contributed by atoms with Gasteiger partial charge in [-0.15, -0.1) is 0 Å². The van der Waals surface area contributed by atoms with Crippen molar-refractivity contribution < 1.29 is 9.90 Å². The molecule has 1 N–H and O–H groups in total. The summed E-state index contributed by atoms with van der Waals surface area (Å²) < 4.78 is 0. The Labute approximate surface area is 329 Å². The molecule has 0 unspecified atom stereocenters. The Balaban J connectivity index is 1.30. The summed E-state index contributed by atoms with van der Waals surface area (Å²) in [6, 6.07) is 60.5. The SMILES string of the molecule is Cc1ccc(N(c2ccc(C)cc2)c2ccc(N(c3ccc(/C=C(\C#N)C(=O)O)cc3)c3ccc(N(c4ccc(C)cc4)c4ccc(C)cc4)cc3)cc2)cc1. The molecule has 7 rings (SSSR count). The second-order valence-electron chi connectivity index (χ2n) is 13.9. The molecule has 0 aliphatic heterocycles. The Morgan fingerprint density at radius 1 is 0.411 bits per heavy atom. The Morgan fingerprint density at radius 2 is 0.607 bits per heavy atom. The molecule has 0 saturated carbocycles. The number of carboxylic acid groups (broad SMARTS) is 1. The van der Waals surface area contributed by atoms with Gasteiger partial charge in [-0.25, -0.2) is 4.79 Å². The molecule has 7 aromatic rings.